The molecule has 0 saturated carbocycles. The average molecular weight is 367 g/mol. The first-order valence-electron chi connectivity index (χ1n) is 6.16. The Hall–Kier alpha value is -1.30. The molecule has 0 aliphatic carbocycles. The molecule has 0 atom stereocenters. The third-order valence-corrected chi connectivity index (χ3v) is 3.62. The van der Waals surface area contributed by atoms with E-state index in [0.717, 1.165) is 5.69 Å². The number of hydrogen-bond donors (Lipinski definition) is 1. The minimum absolute atomic E-state index is 0.0731. The fourth-order valence-electron chi connectivity index (χ4n) is 1.75. The average Bonchev–Trinajstić information content (AvgIpc) is 2.39. The van der Waals surface area contributed by atoms with E-state index < -0.39 is 0 Å². The van der Waals surface area contributed by atoms with Crippen molar-refractivity contribution in [2.24, 2.45) is 0 Å². The zero-order valence-electron chi connectivity index (χ0n) is 11.1. The van der Waals surface area contributed by atoms with E-state index in [1.807, 2.05) is 54.6 Å². The molecular formula is C16H17NOTe. The molecule has 3 heteroatoms. The van der Waals surface area contributed by atoms with Crippen LogP contribution >= 0.6 is 0 Å². The van der Waals surface area contributed by atoms with Crippen molar-refractivity contribution in [2.45, 2.75) is 17.3 Å². The summed E-state index contributed by atoms with van der Waals surface area (Å²) in [6.07, 6.45) is 0. The van der Waals surface area contributed by atoms with Gasteiger partial charge in [-0.25, -0.2) is 0 Å². The van der Waals surface area contributed by atoms with Gasteiger partial charge in [0, 0.05) is 0 Å². The molecule has 0 radical (unpaired) electrons. The van der Waals surface area contributed by atoms with E-state index in [1.165, 1.54) is 5.56 Å². The number of hydrogen-bond acceptors (Lipinski definition) is 1. The molecule has 2 aromatic carbocycles. The molecule has 0 heterocycles. The van der Waals surface area contributed by atoms with Crippen molar-refractivity contribution in [3.8, 4) is 0 Å². The standard InChI is InChI=1S/C16H17NOTe/c1-16(2,19)13-10-8-12(9-11-13)15(18)17-14-6-4-3-5-7-14/h3-11,19H,1-2H3,(H,17,18). The number of anilines is 1. The molecule has 98 valence electrons. The summed E-state index contributed by atoms with van der Waals surface area (Å²) in [6.45, 7) is 4.36. The van der Waals surface area contributed by atoms with Crippen LogP contribution in [0.3, 0.4) is 0 Å². The molecule has 0 aliphatic heterocycles. The van der Waals surface area contributed by atoms with Gasteiger partial charge in [0.25, 0.3) is 0 Å². The third kappa shape index (κ3) is 3.83. The van der Waals surface area contributed by atoms with Crippen molar-refractivity contribution in [1.29, 1.82) is 0 Å². The van der Waals surface area contributed by atoms with E-state index in [4.69, 9.17) is 0 Å². The summed E-state index contributed by atoms with van der Waals surface area (Å²) in [5.41, 5.74) is 2.75. The van der Waals surface area contributed by atoms with E-state index in [-0.39, 0.29) is 9.37 Å². The second-order valence-corrected chi connectivity index (χ2v) is 8.15. The minimum atomic E-state index is -0.0731. The summed E-state index contributed by atoms with van der Waals surface area (Å²) in [7, 11) is 0. The van der Waals surface area contributed by atoms with Crippen molar-refractivity contribution in [1.82, 2.24) is 0 Å². The quantitative estimate of drug-likeness (QED) is 0.831. The van der Waals surface area contributed by atoms with Crippen LogP contribution < -0.4 is 5.32 Å². The number of carbonyl (C=O) groups is 1. The predicted molar refractivity (Wildman–Crippen MR) is 81.0 cm³/mol. The number of rotatable bonds is 3. The van der Waals surface area contributed by atoms with E-state index in [0.29, 0.717) is 5.56 Å². The van der Waals surface area contributed by atoms with Gasteiger partial charge in [0.2, 0.25) is 0 Å². The van der Waals surface area contributed by atoms with Gasteiger partial charge in [-0.05, 0) is 0 Å². The van der Waals surface area contributed by atoms with Crippen LogP contribution in [0.15, 0.2) is 54.6 Å². The number of para-hydroxylation sites is 1. The predicted octanol–water partition coefficient (Wildman–Crippen LogP) is 3.07. The Morgan fingerprint density at radius 3 is 2.11 bits per heavy atom. The summed E-state index contributed by atoms with van der Waals surface area (Å²) in [6, 6.07) is 17.3. The topological polar surface area (TPSA) is 29.1 Å². The first-order valence-corrected chi connectivity index (χ1v) is 7.44. The second-order valence-electron chi connectivity index (χ2n) is 4.96. The van der Waals surface area contributed by atoms with E-state index in [2.05, 4.69) is 19.2 Å². The van der Waals surface area contributed by atoms with Gasteiger partial charge in [-0.2, -0.15) is 0 Å². The first-order chi connectivity index (χ1) is 8.97. The number of benzene rings is 2. The monoisotopic (exact) mass is 369 g/mol. The number of amides is 1. The van der Waals surface area contributed by atoms with Crippen LogP contribution in [-0.2, 0) is 3.46 Å². The molecule has 2 aromatic rings. The van der Waals surface area contributed by atoms with E-state index in [9.17, 15) is 4.79 Å². The van der Waals surface area contributed by atoms with E-state index in [1.54, 1.807) is 22.3 Å². The van der Waals surface area contributed by atoms with E-state index >= 15 is 0 Å². The van der Waals surface area contributed by atoms with Crippen molar-refractivity contribution in [3.63, 3.8) is 0 Å². The van der Waals surface area contributed by atoms with Gasteiger partial charge in [-0.1, -0.05) is 0 Å². The number of nitrogens with one attached hydrogen (secondary N) is 1. The second kappa shape index (κ2) is 5.77. The molecule has 1 amide bonds. The Morgan fingerprint density at radius 2 is 1.58 bits per heavy atom. The molecule has 19 heavy (non-hydrogen) atoms. The van der Waals surface area contributed by atoms with Gasteiger partial charge in [-0.15, -0.1) is 0 Å². The molecule has 0 aliphatic rings. The summed E-state index contributed by atoms with van der Waals surface area (Å²) < 4.78 is 0.156. The third-order valence-electron chi connectivity index (χ3n) is 2.89. The van der Waals surface area contributed by atoms with Crippen LogP contribution in [0.1, 0.15) is 29.8 Å². The Balaban J connectivity index is 2.12. The summed E-state index contributed by atoms with van der Waals surface area (Å²) in [5.74, 6) is -0.0731. The van der Waals surface area contributed by atoms with Crippen molar-refractivity contribution >= 4 is 33.9 Å². The summed E-state index contributed by atoms with van der Waals surface area (Å²) in [4.78, 5) is 12.1. The van der Waals surface area contributed by atoms with Gasteiger partial charge < -0.3 is 0 Å². The van der Waals surface area contributed by atoms with Crippen molar-refractivity contribution < 1.29 is 4.79 Å². The van der Waals surface area contributed by atoms with Crippen LogP contribution in [-0.4, -0.2) is 28.2 Å². The Labute approximate surface area is 127 Å². The van der Waals surface area contributed by atoms with Crippen molar-refractivity contribution in [3.05, 3.63) is 65.7 Å². The van der Waals surface area contributed by atoms with Crippen LogP contribution in [0, 0.1) is 0 Å². The normalized spacial score (nSPS) is 11.1. The summed E-state index contributed by atoms with van der Waals surface area (Å²) in [5, 5.41) is 2.88. The van der Waals surface area contributed by atoms with Gasteiger partial charge >= 0.3 is 127 Å². The molecule has 2 rings (SSSR count). The van der Waals surface area contributed by atoms with Gasteiger partial charge in [0.05, 0.1) is 0 Å². The number of carbonyl (C=O) groups excluding carboxylic acids is 1. The molecule has 1 N–H and O–H groups in total. The van der Waals surface area contributed by atoms with Gasteiger partial charge in [0.1, 0.15) is 0 Å². The van der Waals surface area contributed by atoms with Crippen molar-refractivity contribution in [2.75, 3.05) is 5.32 Å². The molecule has 0 bridgehead atoms. The van der Waals surface area contributed by atoms with Crippen LogP contribution in [0.25, 0.3) is 0 Å². The molecular weight excluding hydrogens is 350 g/mol. The maximum absolute atomic E-state index is 12.1. The molecule has 0 spiro atoms. The van der Waals surface area contributed by atoms with Crippen LogP contribution in [0.2, 0.25) is 0 Å². The van der Waals surface area contributed by atoms with Crippen LogP contribution in [0.4, 0.5) is 5.69 Å². The first kappa shape index (κ1) is 14.1. The van der Waals surface area contributed by atoms with Crippen LogP contribution in [0.5, 0.6) is 0 Å². The molecule has 0 saturated heterocycles. The molecule has 0 fully saturated rings. The Bertz CT molecular complexity index is 556. The maximum atomic E-state index is 12.1. The Kier molecular flexibility index (Phi) is 4.29. The zero-order chi connectivity index (χ0) is 13.9. The fourth-order valence-corrected chi connectivity index (χ4v) is 2.18. The molecule has 0 unspecified atom stereocenters. The molecule has 0 aromatic heterocycles. The zero-order valence-corrected chi connectivity index (χ0v) is 13.6. The van der Waals surface area contributed by atoms with Gasteiger partial charge in [0.15, 0.2) is 0 Å². The SMILES string of the molecule is CC(C)([TeH])c1ccc(C(=O)Nc2ccccc2)cc1. The fraction of sp³-hybridized carbons (Fsp3) is 0.188. The van der Waals surface area contributed by atoms with Gasteiger partial charge in [-0.3, -0.25) is 0 Å². The Morgan fingerprint density at radius 1 is 1.00 bits per heavy atom. The molecule has 2 nitrogen and oxygen atoms in total. The summed E-state index contributed by atoms with van der Waals surface area (Å²) >= 11 is 1.77.